The predicted octanol–water partition coefficient (Wildman–Crippen LogP) is 1.40. The Balaban J connectivity index is 2.73. The third kappa shape index (κ3) is 5.36. The lowest BCUT2D eigenvalue weighted by Crippen LogP contribution is -2.42. The Hall–Kier alpha value is -1.59. The molecule has 1 rings (SSSR count). The van der Waals surface area contributed by atoms with E-state index in [1.54, 1.807) is 11.9 Å². The second-order valence-electron chi connectivity index (χ2n) is 5.94. The number of nitrogens with zero attached hydrogens (tertiary/aromatic N) is 1. The van der Waals surface area contributed by atoms with Gasteiger partial charge in [0.25, 0.3) is 0 Å². The van der Waals surface area contributed by atoms with E-state index >= 15 is 0 Å². The Morgan fingerprint density at radius 3 is 2.29 bits per heavy atom. The number of nitrogens with one attached hydrogen (secondary N) is 1. The number of rotatable bonds is 8. The zero-order valence-electron chi connectivity index (χ0n) is 13.0. The quantitative estimate of drug-likeness (QED) is 0.709. The number of amides is 2. The predicted molar refractivity (Wildman–Crippen MR) is 78.7 cm³/mol. The minimum absolute atomic E-state index is 0.0404. The molecule has 120 valence electrons. The van der Waals surface area contributed by atoms with Crippen molar-refractivity contribution in [3.05, 3.63) is 0 Å². The Morgan fingerprint density at radius 1 is 1.19 bits per heavy atom. The van der Waals surface area contributed by atoms with Gasteiger partial charge in [0.1, 0.15) is 0 Å². The first-order chi connectivity index (χ1) is 9.92. The number of likely N-dealkylation sites (N-methyl/N-ethyl adjacent to an activating group) is 1. The number of carboxylic acids is 1. The highest BCUT2D eigenvalue weighted by Crippen LogP contribution is 2.44. The van der Waals surface area contributed by atoms with Crippen molar-refractivity contribution in [2.75, 3.05) is 20.1 Å². The highest BCUT2D eigenvalue weighted by Gasteiger charge is 2.39. The molecule has 0 unspecified atom stereocenters. The zero-order chi connectivity index (χ0) is 15.9. The molecule has 0 heterocycles. The molecule has 0 saturated heterocycles. The maximum absolute atomic E-state index is 12.5. The molecular formula is C15H26N2O4. The van der Waals surface area contributed by atoms with Gasteiger partial charge in [-0.3, -0.25) is 14.4 Å². The summed E-state index contributed by atoms with van der Waals surface area (Å²) in [6, 6.07) is 0. The van der Waals surface area contributed by atoms with Crippen LogP contribution in [-0.2, 0) is 14.4 Å². The first-order valence-corrected chi connectivity index (χ1v) is 7.62. The van der Waals surface area contributed by atoms with Gasteiger partial charge >= 0.3 is 5.97 Å². The molecule has 1 fully saturated rings. The van der Waals surface area contributed by atoms with E-state index in [1.165, 1.54) is 0 Å². The number of carbonyl (C=O) groups is 3. The van der Waals surface area contributed by atoms with Gasteiger partial charge in [-0.2, -0.15) is 0 Å². The molecule has 21 heavy (non-hydrogen) atoms. The zero-order valence-corrected chi connectivity index (χ0v) is 13.0. The topological polar surface area (TPSA) is 86.7 Å². The molecule has 0 aromatic heterocycles. The summed E-state index contributed by atoms with van der Waals surface area (Å²) in [4.78, 5) is 36.6. The lowest BCUT2D eigenvalue weighted by molar-refractivity contribution is -0.142. The fourth-order valence-corrected chi connectivity index (χ4v) is 3.11. The number of aliphatic carboxylic acids is 1. The van der Waals surface area contributed by atoms with Crippen LogP contribution in [0.2, 0.25) is 0 Å². The van der Waals surface area contributed by atoms with E-state index in [4.69, 9.17) is 5.11 Å². The van der Waals surface area contributed by atoms with E-state index in [0.29, 0.717) is 6.54 Å². The van der Waals surface area contributed by atoms with E-state index < -0.39 is 11.4 Å². The van der Waals surface area contributed by atoms with Crippen molar-refractivity contribution < 1.29 is 19.5 Å². The minimum atomic E-state index is -0.849. The van der Waals surface area contributed by atoms with Crippen LogP contribution in [0.4, 0.5) is 0 Å². The number of hydrogen-bond acceptors (Lipinski definition) is 3. The Morgan fingerprint density at radius 2 is 1.81 bits per heavy atom. The van der Waals surface area contributed by atoms with Crippen molar-refractivity contribution in [1.82, 2.24) is 10.2 Å². The summed E-state index contributed by atoms with van der Waals surface area (Å²) in [6.45, 7) is 2.52. The van der Waals surface area contributed by atoms with Gasteiger partial charge < -0.3 is 15.3 Å². The minimum Gasteiger partial charge on any atom is -0.481 e. The first kappa shape index (κ1) is 17.5. The molecule has 1 aliphatic carbocycles. The van der Waals surface area contributed by atoms with Gasteiger partial charge in [-0.1, -0.05) is 19.8 Å². The van der Waals surface area contributed by atoms with Crippen molar-refractivity contribution in [2.45, 2.75) is 51.9 Å². The van der Waals surface area contributed by atoms with Gasteiger partial charge in [0, 0.05) is 20.0 Å². The van der Waals surface area contributed by atoms with Crippen molar-refractivity contribution in [2.24, 2.45) is 5.41 Å². The molecule has 0 aliphatic heterocycles. The van der Waals surface area contributed by atoms with Crippen LogP contribution in [0.1, 0.15) is 51.9 Å². The summed E-state index contributed by atoms with van der Waals surface area (Å²) >= 11 is 0. The van der Waals surface area contributed by atoms with Crippen LogP contribution >= 0.6 is 0 Å². The maximum atomic E-state index is 12.5. The Kier molecular flexibility index (Phi) is 6.65. The van der Waals surface area contributed by atoms with E-state index in [2.05, 4.69) is 5.32 Å². The van der Waals surface area contributed by atoms with Gasteiger partial charge in [0.15, 0.2) is 0 Å². The lowest BCUT2D eigenvalue weighted by Gasteiger charge is -2.30. The molecule has 2 amide bonds. The highest BCUT2D eigenvalue weighted by atomic mass is 16.4. The summed E-state index contributed by atoms with van der Waals surface area (Å²) in [6.07, 6.45) is 4.56. The third-order valence-electron chi connectivity index (χ3n) is 4.18. The molecule has 1 saturated carbocycles. The van der Waals surface area contributed by atoms with Crippen molar-refractivity contribution in [1.29, 1.82) is 0 Å². The molecule has 0 atom stereocenters. The number of carboxylic acid groups (broad SMARTS) is 1. The van der Waals surface area contributed by atoms with E-state index in [-0.39, 0.29) is 31.2 Å². The van der Waals surface area contributed by atoms with Gasteiger partial charge in [-0.15, -0.1) is 0 Å². The van der Waals surface area contributed by atoms with Gasteiger partial charge in [-0.25, -0.2) is 0 Å². The summed E-state index contributed by atoms with van der Waals surface area (Å²) < 4.78 is 0. The van der Waals surface area contributed by atoms with E-state index in [1.807, 2.05) is 6.92 Å². The highest BCUT2D eigenvalue weighted by molar-refractivity contribution is 5.85. The molecule has 0 radical (unpaired) electrons. The molecular weight excluding hydrogens is 272 g/mol. The second kappa shape index (κ2) is 8.00. The Bertz CT molecular complexity index is 389. The maximum Gasteiger partial charge on any atom is 0.303 e. The summed E-state index contributed by atoms with van der Waals surface area (Å²) in [5, 5.41) is 11.6. The lowest BCUT2D eigenvalue weighted by atomic mass is 9.79. The summed E-state index contributed by atoms with van der Waals surface area (Å²) in [7, 11) is 1.54. The fraction of sp³-hybridized carbons (Fsp3) is 0.800. The largest absolute Gasteiger partial charge is 0.481 e. The van der Waals surface area contributed by atoms with Crippen molar-refractivity contribution in [3.8, 4) is 0 Å². The molecule has 1 aliphatic rings. The number of hydrogen-bond donors (Lipinski definition) is 2. The average molecular weight is 298 g/mol. The van der Waals surface area contributed by atoms with Crippen LogP contribution in [0.15, 0.2) is 0 Å². The fourth-order valence-electron chi connectivity index (χ4n) is 3.11. The molecule has 6 heteroatoms. The van der Waals surface area contributed by atoms with E-state index in [9.17, 15) is 14.4 Å². The monoisotopic (exact) mass is 298 g/mol. The van der Waals surface area contributed by atoms with Gasteiger partial charge in [0.05, 0.1) is 13.0 Å². The molecule has 6 nitrogen and oxygen atoms in total. The van der Waals surface area contributed by atoms with Crippen molar-refractivity contribution >= 4 is 17.8 Å². The standard InChI is InChI=1S/C15H26N2O4/c1-3-8-17(11-12(18)16-2)13(19)9-15(10-14(20)21)6-4-5-7-15/h3-11H2,1-2H3,(H,16,18)(H,20,21). The van der Waals surface area contributed by atoms with Crippen LogP contribution in [0, 0.1) is 5.41 Å². The average Bonchev–Trinajstić information content (AvgIpc) is 2.85. The Labute approximate surface area is 125 Å². The normalized spacial score (nSPS) is 16.5. The van der Waals surface area contributed by atoms with Crippen molar-refractivity contribution in [3.63, 3.8) is 0 Å². The van der Waals surface area contributed by atoms with Crippen LogP contribution < -0.4 is 5.32 Å². The van der Waals surface area contributed by atoms with Gasteiger partial charge in [0.2, 0.25) is 11.8 Å². The van der Waals surface area contributed by atoms with E-state index in [0.717, 1.165) is 32.1 Å². The van der Waals surface area contributed by atoms with Gasteiger partial charge in [-0.05, 0) is 24.7 Å². The van der Waals surface area contributed by atoms with Crippen LogP contribution in [-0.4, -0.2) is 47.9 Å². The smallest absolute Gasteiger partial charge is 0.303 e. The number of carbonyl (C=O) groups excluding carboxylic acids is 2. The van der Waals surface area contributed by atoms with Crippen LogP contribution in [0.5, 0.6) is 0 Å². The summed E-state index contributed by atoms with van der Waals surface area (Å²) in [5.41, 5.74) is -0.419. The summed E-state index contributed by atoms with van der Waals surface area (Å²) in [5.74, 6) is -1.16. The molecule has 0 spiro atoms. The molecule has 0 aromatic carbocycles. The third-order valence-corrected chi connectivity index (χ3v) is 4.18. The van der Waals surface area contributed by atoms with Crippen LogP contribution in [0.25, 0.3) is 0 Å². The van der Waals surface area contributed by atoms with Crippen LogP contribution in [0.3, 0.4) is 0 Å². The SMILES string of the molecule is CCCN(CC(=O)NC)C(=O)CC1(CC(=O)O)CCCC1. The first-order valence-electron chi connectivity index (χ1n) is 7.62. The molecule has 0 aromatic rings. The second-order valence-corrected chi connectivity index (χ2v) is 5.94. The molecule has 2 N–H and O–H groups in total. The molecule has 0 bridgehead atoms.